The van der Waals surface area contributed by atoms with Gasteiger partial charge in [-0.25, -0.2) is 0 Å². The van der Waals surface area contributed by atoms with Crippen molar-refractivity contribution in [3.8, 4) is 0 Å². The average molecular weight is 183 g/mol. The molecule has 0 aromatic heterocycles. The zero-order chi connectivity index (χ0) is 10.2. The number of carbonyl (C=O) groups excluding carboxylic acids is 1. The van der Waals surface area contributed by atoms with E-state index in [1.54, 1.807) is 0 Å². The van der Waals surface area contributed by atoms with E-state index in [9.17, 15) is 4.79 Å². The zero-order valence-electron chi connectivity index (χ0n) is 9.35. The van der Waals surface area contributed by atoms with E-state index in [-0.39, 0.29) is 17.2 Å². The molecule has 76 valence electrons. The van der Waals surface area contributed by atoms with Crippen LogP contribution in [0.4, 0.5) is 0 Å². The van der Waals surface area contributed by atoms with Gasteiger partial charge in [-0.2, -0.15) is 0 Å². The Morgan fingerprint density at radius 2 is 1.85 bits per heavy atom. The smallest absolute Gasteiger partial charge is 0.223 e. The molecule has 1 rings (SSSR count). The summed E-state index contributed by atoms with van der Waals surface area (Å²) in [5.74, 6) is 1.02. The highest BCUT2D eigenvalue weighted by Gasteiger charge is 2.50. The number of carbonyl (C=O) groups is 1. The van der Waals surface area contributed by atoms with Crippen molar-refractivity contribution >= 4 is 5.91 Å². The lowest BCUT2D eigenvalue weighted by atomic mass is 10.1. The summed E-state index contributed by atoms with van der Waals surface area (Å²) in [6.45, 7) is 10.6. The molecule has 1 aliphatic rings. The minimum absolute atomic E-state index is 0.242. The van der Waals surface area contributed by atoms with E-state index in [1.807, 2.05) is 0 Å². The molecular weight excluding hydrogens is 162 g/mol. The molecule has 0 spiro atoms. The highest BCUT2D eigenvalue weighted by molar-refractivity contribution is 5.82. The molecule has 0 radical (unpaired) electrons. The van der Waals surface area contributed by atoms with Crippen LogP contribution in [0.5, 0.6) is 0 Å². The number of amides is 1. The van der Waals surface area contributed by atoms with Gasteiger partial charge in [0, 0.05) is 12.0 Å². The van der Waals surface area contributed by atoms with Crippen molar-refractivity contribution in [3.05, 3.63) is 0 Å². The number of nitrogens with one attached hydrogen (secondary N) is 1. The molecule has 2 atom stereocenters. The van der Waals surface area contributed by atoms with Gasteiger partial charge in [-0.05, 0) is 24.7 Å². The van der Waals surface area contributed by atoms with E-state index < -0.39 is 0 Å². The average Bonchev–Trinajstić information content (AvgIpc) is 2.59. The lowest BCUT2D eigenvalue weighted by Gasteiger charge is -2.17. The van der Waals surface area contributed by atoms with Crippen molar-refractivity contribution < 1.29 is 4.79 Å². The Morgan fingerprint density at radius 3 is 2.15 bits per heavy atom. The van der Waals surface area contributed by atoms with E-state index in [4.69, 9.17) is 0 Å². The highest BCUT2D eigenvalue weighted by Crippen LogP contribution is 2.51. The fourth-order valence-corrected chi connectivity index (χ4v) is 1.41. The Hall–Kier alpha value is -0.530. The maximum atomic E-state index is 11.6. The third-order valence-electron chi connectivity index (χ3n) is 3.20. The Kier molecular flexibility index (Phi) is 2.69. The first-order valence-electron chi connectivity index (χ1n) is 5.15. The summed E-state index contributed by atoms with van der Waals surface area (Å²) >= 11 is 0. The second-order valence-electron chi connectivity index (χ2n) is 5.29. The maximum Gasteiger partial charge on any atom is 0.223 e. The van der Waals surface area contributed by atoms with Gasteiger partial charge in [0.15, 0.2) is 0 Å². The Morgan fingerprint density at radius 1 is 1.38 bits per heavy atom. The summed E-state index contributed by atoms with van der Waals surface area (Å²) in [5.41, 5.74) is 0.251. The first-order chi connectivity index (χ1) is 5.84. The molecule has 2 unspecified atom stereocenters. The lowest BCUT2D eigenvalue weighted by Crippen LogP contribution is -2.37. The Labute approximate surface area is 81.1 Å². The number of hydrogen-bond acceptors (Lipinski definition) is 1. The van der Waals surface area contributed by atoms with Crippen molar-refractivity contribution in [2.24, 2.45) is 17.3 Å². The molecule has 0 aromatic carbocycles. The first-order valence-corrected chi connectivity index (χ1v) is 5.15. The Bertz CT molecular complexity index is 208. The lowest BCUT2D eigenvalue weighted by molar-refractivity contribution is -0.123. The van der Waals surface area contributed by atoms with Crippen LogP contribution >= 0.6 is 0 Å². The zero-order valence-corrected chi connectivity index (χ0v) is 9.35. The van der Waals surface area contributed by atoms with Gasteiger partial charge in [0.25, 0.3) is 0 Å². The van der Waals surface area contributed by atoms with Gasteiger partial charge in [0.1, 0.15) is 0 Å². The highest BCUT2D eigenvalue weighted by atomic mass is 16.2. The predicted octanol–water partition coefficient (Wildman–Crippen LogP) is 2.19. The van der Waals surface area contributed by atoms with Gasteiger partial charge in [0.05, 0.1) is 0 Å². The van der Waals surface area contributed by atoms with Gasteiger partial charge < -0.3 is 5.32 Å². The van der Waals surface area contributed by atoms with Crippen molar-refractivity contribution in [2.75, 3.05) is 0 Å². The molecule has 1 amide bonds. The van der Waals surface area contributed by atoms with Crippen LogP contribution in [0.3, 0.4) is 0 Å². The van der Waals surface area contributed by atoms with Crippen LogP contribution in [0.15, 0.2) is 0 Å². The molecule has 0 saturated heterocycles. The first kappa shape index (κ1) is 10.6. The molecular formula is C11H21NO. The van der Waals surface area contributed by atoms with Gasteiger partial charge >= 0.3 is 0 Å². The van der Waals surface area contributed by atoms with Crippen molar-refractivity contribution in [1.29, 1.82) is 0 Å². The monoisotopic (exact) mass is 183 g/mol. The minimum atomic E-state index is 0.242. The number of hydrogen-bond donors (Lipinski definition) is 1. The molecule has 0 aliphatic heterocycles. The third kappa shape index (κ3) is 2.45. The molecule has 2 heteroatoms. The molecule has 1 N–H and O–H groups in total. The van der Waals surface area contributed by atoms with Crippen LogP contribution in [-0.2, 0) is 4.79 Å². The van der Waals surface area contributed by atoms with Crippen LogP contribution in [0.25, 0.3) is 0 Å². The molecule has 0 aromatic rings. The molecule has 13 heavy (non-hydrogen) atoms. The van der Waals surface area contributed by atoms with Crippen LogP contribution in [0.1, 0.15) is 41.0 Å². The van der Waals surface area contributed by atoms with Gasteiger partial charge in [-0.15, -0.1) is 0 Å². The Balaban J connectivity index is 2.35. The van der Waals surface area contributed by atoms with E-state index >= 15 is 0 Å². The van der Waals surface area contributed by atoms with Crippen molar-refractivity contribution in [2.45, 2.75) is 47.1 Å². The van der Waals surface area contributed by atoms with E-state index in [2.05, 4.69) is 39.9 Å². The molecule has 2 nitrogen and oxygen atoms in total. The fourth-order valence-electron chi connectivity index (χ4n) is 1.41. The van der Waals surface area contributed by atoms with Crippen LogP contribution in [0, 0.1) is 17.3 Å². The largest absolute Gasteiger partial charge is 0.353 e. The van der Waals surface area contributed by atoms with E-state index in [0.29, 0.717) is 12.0 Å². The fraction of sp³-hybridized carbons (Fsp3) is 0.909. The van der Waals surface area contributed by atoms with Gasteiger partial charge in [-0.3, -0.25) is 4.79 Å². The van der Waals surface area contributed by atoms with Gasteiger partial charge in [0.2, 0.25) is 5.91 Å². The summed E-state index contributed by atoms with van der Waals surface area (Å²) < 4.78 is 0. The van der Waals surface area contributed by atoms with Crippen LogP contribution in [0.2, 0.25) is 0 Å². The summed E-state index contributed by atoms with van der Waals surface area (Å²) in [4.78, 5) is 11.6. The topological polar surface area (TPSA) is 29.1 Å². The maximum absolute atomic E-state index is 11.6. The third-order valence-corrected chi connectivity index (χ3v) is 3.20. The van der Waals surface area contributed by atoms with Crippen molar-refractivity contribution in [1.82, 2.24) is 5.32 Å². The SMILES string of the molecule is CC(C)C(C)NC(=O)C1CC1(C)C. The normalized spacial score (nSPS) is 27.1. The van der Waals surface area contributed by atoms with Gasteiger partial charge in [-0.1, -0.05) is 27.7 Å². The second-order valence-corrected chi connectivity index (χ2v) is 5.29. The predicted molar refractivity (Wildman–Crippen MR) is 54.3 cm³/mol. The van der Waals surface area contributed by atoms with Crippen LogP contribution < -0.4 is 5.32 Å². The minimum Gasteiger partial charge on any atom is -0.353 e. The summed E-state index contributed by atoms with van der Waals surface area (Å²) in [6.07, 6.45) is 1.05. The summed E-state index contributed by atoms with van der Waals surface area (Å²) in [7, 11) is 0. The number of rotatable bonds is 3. The standard InChI is InChI=1S/C11H21NO/c1-7(2)8(3)12-10(13)9-6-11(9,4)5/h7-9H,6H2,1-5H3,(H,12,13). The van der Waals surface area contributed by atoms with E-state index in [0.717, 1.165) is 6.42 Å². The van der Waals surface area contributed by atoms with Crippen LogP contribution in [-0.4, -0.2) is 11.9 Å². The molecule has 0 heterocycles. The molecule has 0 bridgehead atoms. The second kappa shape index (κ2) is 3.32. The molecule has 1 fully saturated rings. The molecule has 1 saturated carbocycles. The van der Waals surface area contributed by atoms with E-state index in [1.165, 1.54) is 0 Å². The summed E-state index contributed by atoms with van der Waals surface area (Å²) in [5, 5.41) is 3.06. The quantitative estimate of drug-likeness (QED) is 0.714. The van der Waals surface area contributed by atoms with Crippen molar-refractivity contribution in [3.63, 3.8) is 0 Å². The molecule has 1 aliphatic carbocycles. The summed E-state index contributed by atoms with van der Waals surface area (Å²) in [6, 6.07) is 0.295.